The lowest BCUT2D eigenvalue weighted by Crippen LogP contribution is -2.35. The Labute approximate surface area is 128 Å². The molecule has 1 N–H and O–H groups in total. The molecule has 110 valence electrons. The number of aryl methyl sites for hydroxylation is 2. The number of rotatable bonds is 1. The lowest BCUT2D eigenvalue weighted by atomic mass is 9.98. The number of nitrogens with one attached hydrogen (secondary N) is 1. The Morgan fingerprint density at radius 3 is 2.71 bits per heavy atom. The molecule has 0 saturated carbocycles. The second kappa shape index (κ2) is 4.78. The van der Waals surface area contributed by atoms with Crippen molar-refractivity contribution in [3.63, 3.8) is 0 Å². The van der Waals surface area contributed by atoms with Gasteiger partial charge in [-0.1, -0.05) is 0 Å². The number of likely N-dealkylation sites (tertiary alicyclic amines) is 1. The fourth-order valence-electron chi connectivity index (χ4n) is 3.44. The van der Waals surface area contributed by atoms with E-state index in [1.54, 1.807) is 11.3 Å². The third kappa shape index (κ3) is 1.91. The molecule has 4 rings (SSSR count). The van der Waals surface area contributed by atoms with Crippen LogP contribution in [0.1, 0.15) is 47.6 Å². The van der Waals surface area contributed by atoms with Gasteiger partial charge in [-0.3, -0.25) is 4.90 Å². The molecular formula is C16H20N4S. The van der Waals surface area contributed by atoms with E-state index in [1.807, 2.05) is 6.92 Å². The molecule has 0 spiro atoms. The molecule has 2 aliphatic heterocycles. The van der Waals surface area contributed by atoms with Crippen LogP contribution in [-0.4, -0.2) is 28.2 Å². The molecule has 1 atom stereocenters. The van der Waals surface area contributed by atoms with Crippen LogP contribution in [0.3, 0.4) is 0 Å². The number of hydrogen-bond donors (Lipinski definition) is 1. The first kappa shape index (κ1) is 13.2. The fraction of sp³-hybridized carbons (Fsp3) is 0.500. The van der Waals surface area contributed by atoms with Gasteiger partial charge in [-0.05, 0) is 44.7 Å². The molecule has 1 unspecified atom stereocenters. The molecule has 0 radical (unpaired) electrons. The van der Waals surface area contributed by atoms with Gasteiger partial charge in [-0.15, -0.1) is 16.4 Å². The summed E-state index contributed by atoms with van der Waals surface area (Å²) in [5.74, 6) is 0. The summed E-state index contributed by atoms with van der Waals surface area (Å²) in [6.45, 7) is 8.76. The largest absolute Gasteiger partial charge is 0.371 e. The van der Waals surface area contributed by atoms with Crippen molar-refractivity contribution in [3.05, 3.63) is 27.9 Å². The Kier molecular flexibility index (Phi) is 3.01. The average Bonchev–Trinajstić information content (AvgIpc) is 3.11. The van der Waals surface area contributed by atoms with E-state index in [4.69, 9.17) is 0 Å². The van der Waals surface area contributed by atoms with Gasteiger partial charge in [-0.25, -0.2) is 0 Å². The Balaban J connectivity index is 1.95. The Morgan fingerprint density at radius 2 is 1.95 bits per heavy atom. The van der Waals surface area contributed by atoms with E-state index in [-0.39, 0.29) is 0 Å². The summed E-state index contributed by atoms with van der Waals surface area (Å²) in [6, 6.07) is 0. The zero-order valence-corrected chi connectivity index (χ0v) is 13.5. The number of nitrogens with zero attached hydrogens (tertiary/aromatic N) is 3. The van der Waals surface area contributed by atoms with Crippen LogP contribution < -0.4 is 5.32 Å². The quantitative estimate of drug-likeness (QED) is 0.876. The maximum absolute atomic E-state index is 4.44. The summed E-state index contributed by atoms with van der Waals surface area (Å²) >= 11 is 1.80. The first-order valence-corrected chi connectivity index (χ1v) is 8.42. The van der Waals surface area contributed by atoms with E-state index in [1.165, 1.54) is 52.9 Å². The van der Waals surface area contributed by atoms with Crippen LogP contribution in [0, 0.1) is 13.8 Å². The first-order valence-electron chi connectivity index (χ1n) is 7.60. The molecule has 4 heterocycles. The van der Waals surface area contributed by atoms with Gasteiger partial charge in [0.15, 0.2) is 0 Å². The van der Waals surface area contributed by atoms with Crippen molar-refractivity contribution in [2.75, 3.05) is 13.1 Å². The van der Waals surface area contributed by atoms with E-state index in [0.29, 0.717) is 6.17 Å². The highest BCUT2D eigenvalue weighted by molar-refractivity contribution is 7.19. The predicted molar refractivity (Wildman–Crippen MR) is 87.2 cm³/mol. The minimum absolute atomic E-state index is 0.310. The van der Waals surface area contributed by atoms with Crippen LogP contribution >= 0.6 is 11.3 Å². The Hall–Kier alpha value is -1.46. The molecule has 0 aliphatic carbocycles. The van der Waals surface area contributed by atoms with Crippen molar-refractivity contribution in [2.45, 2.75) is 39.8 Å². The molecule has 2 aliphatic rings. The molecule has 0 bridgehead atoms. The minimum atomic E-state index is 0.310. The van der Waals surface area contributed by atoms with Gasteiger partial charge in [0.05, 0.1) is 10.6 Å². The third-order valence-electron chi connectivity index (χ3n) is 4.73. The average molecular weight is 300 g/mol. The van der Waals surface area contributed by atoms with Gasteiger partial charge in [0.25, 0.3) is 0 Å². The van der Waals surface area contributed by atoms with Gasteiger partial charge >= 0.3 is 0 Å². The predicted octanol–water partition coefficient (Wildman–Crippen LogP) is 3.37. The highest BCUT2D eigenvalue weighted by Gasteiger charge is 2.31. The zero-order valence-electron chi connectivity index (χ0n) is 12.7. The van der Waals surface area contributed by atoms with Gasteiger partial charge in [-0.2, -0.15) is 5.10 Å². The van der Waals surface area contributed by atoms with Gasteiger partial charge < -0.3 is 5.32 Å². The molecule has 21 heavy (non-hydrogen) atoms. The van der Waals surface area contributed by atoms with Gasteiger partial charge in [0.1, 0.15) is 11.0 Å². The summed E-state index contributed by atoms with van der Waals surface area (Å²) in [7, 11) is 0. The second-order valence-electron chi connectivity index (χ2n) is 6.07. The van der Waals surface area contributed by atoms with Gasteiger partial charge in [0.2, 0.25) is 0 Å². The highest BCUT2D eigenvalue weighted by Crippen LogP contribution is 2.43. The zero-order chi connectivity index (χ0) is 14.6. The minimum Gasteiger partial charge on any atom is -0.371 e. The monoisotopic (exact) mass is 300 g/mol. The molecule has 0 amide bonds. The van der Waals surface area contributed by atoms with Gasteiger partial charge in [0, 0.05) is 30.2 Å². The Morgan fingerprint density at radius 1 is 1.19 bits per heavy atom. The van der Waals surface area contributed by atoms with Crippen molar-refractivity contribution in [1.82, 2.24) is 20.4 Å². The van der Waals surface area contributed by atoms with Crippen LogP contribution in [0.15, 0.2) is 6.20 Å². The number of fused-ring (bicyclic) bond motifs is 3. The van der Waals surface area contributed by atoms with Crippen molar-refractivity contribution in [2.24, 2.45) is 0 Å². The molecule has 4 nitrogen and oxygen atoms in total. The standard InChI is InChI=1S/C16H20N4S/c1-9-8-17-15(20-6-4-5-7-20)14-12(9)13-10(2)11(3)18-19-16(13)21-14/h8,15,17H,4-7H2,1-3H3. The van der Waals surface area contributed by atoms with Crippen molar-refractivity contribution in [1.29, 1.82) is 0 Å². The SMILES string of the molecule is CC1=CNC(N2CCCC2)c2sc3nnc(C)c(C)c3c21. The van der Waals surface area contributed by atoms with Crippen molar-refractivity contribution < 1.29 is 0 Å². The van der Waals surface area contributed by atoms with Crippen LogP contribution in [-0.2, 0) is 0 Å². The third-order valence-corrected chi connectivity index (χ3v) is 5.86. The fourth-order valence-corrected chi connectivity index (χ4v) is 4.78. The number of hydrogen-bond acceptors (Lipinski definition) is 5. The molecule has 1 saturated heterocycles. The van der Waals surface area contributed by atoms with E-state index >= 15 is 0 Å². The maximum atomic E-state index is 4.44. The molecule has 1 fully saturated rings. The molecule has 0 aromatic carbocycles. The molecule has 5 heteroatoms. The lowest BCUT2D eigenvalue weighted by Gasteiger charge is -2.31. The van der Waals surface area contributed by atoms with Crippen LogP contribution in [0.25, 0.3) is 15.8 Å². The normalized spacial score (nSPS) is 22.2. The molecular weight excluding hydrogens is 280 g/mol. The molecule has 2 aromatic heterocycles. The summed E-state index contributed by atoms with van der Waals surface area (Å²) in [4.78, 5) is 5.03. The second-order valence-corrected chi connectivity index (χ2v) is 7.10. The van der Waals surface area contributed by atoms with Crippen molar-refractivity contribution in [3.8, 4) is 0 Å². The highest BCUT2D eigenvalue weighted by atomic mass is 32.1. The van der Waals surface area contributed by atoms with Crippen LogP contribution in [0.2, 0.25) is 0 Å². The first-order chi connectivity index (χ1) is 10.2. The summed E-state index contributed by atoms with van der Waals surface area (Å²) < 4.78 is 0. The summed E-state index contributed by atoms with van der Waals surface area (Å²) in [5, 5.41) is 13.6. The molecule has 2 aromatic rings. The van der Waals surface area contributed by atoms with Crippen molar-refractivity contribution >= 4 is 27.1 Å². The van der Waals surface area contributed by atoms with E-state index < -0.39 is 0 Å². The number of allylic oxidation sites excluding steroid dienone is 1. The number of thiophene rings is 1. The summed E-state index contributed by atoms with van der Waals surface area (Å²) in [6.07, 6.45) is 5.09. The maximum Gasteiger partial charge on any atom is 0.147 e. The Bertz CT molecular complexity index is 740. The topological polar surface area (TPSA) is 41.0 Å². The summed E-state index contributed by atoms with van der Waals surface area (Å²) in [5.41, 5.74) is 5.00. The lowest BCUT2D eigenvalue weighted by molar-refractivity contribution is 0.225. The van der Waals surface area contributed by atoms with Crippen LogP contribution in [0.5, 0.6) is 0 Å². The smallest absolute Gasteiger partial charge is 0.147 e. The van der Waals surface area contributed by atoms with E-state index in [9.17, 15) is 0 Å². The number of aromatic nitrogens is 2. The van der Waals surface area contributed by atoms with E-state index in [0.717, 1.165) is 10.5 Å². The van der Waals surface area contributed by atoms with E-state index in [2.05, 4.69) is 40.5 Å². The van der Waals surface area contributed by atoms with Crippen LogP contribution in [0.4, 0.5) is 0 Å².